The van der Waals surface area contributed by atoms with Crippen LogP contribution in [-0.2, 0) is 32.3 Å². The second kappa shape index (κ2) is 10.1. The molecule has 162 valence electrons. The van der Waals surface area contributed by atoms with Crippen molar-refractivity contribution < 1.29 is 17.9 Å². The smallest absolute Gasteiger partial charge is 0.224 e. The number of morpholine rings is 1. The summed E-state index contributed by atoms with van der Waals surface area (Å²) >= 11 is 12.1. The highest BCUT2D eigenvalue weighted by Gasteiger charge is 2.21. The zero-order chi connectivity index (χ0) is 21.7. The summed E-state index contributed by atoms with van der Waals surface area (Å²) in [7, 11) is -3.24. The largest absolute Gasteiger partial charge is 0.374 e. The van der Waals surface area contributed by atoms with Gasteiger partial charge in [-0.15, -0.1) is 0 Å². The van der Waals surface area contributed by atoms with Crippen molar-refractivity contribution in [2.45, 2.75) is 24.0 Å². The highest BCUT2D eigenvalue weighted by atomic mass is 35.5. The Balaban J connectivity index is 1.46. The average molecular weight is 471 g/mol. The van der Waals surface area contributed by atoms with Gasteiger partial charge < -0.3 is 10.1 Å². The molecule has 0 aliphatic carbocycles. The van der Waals surface area contributed by atoms with E-state index < -0.39 is 9.84 Å². The molecule has 1 amide bonds. The predicted octanol–water partition coefficient (Wildman–Crippen LogP) is 2.96. The van der Waals surface area contributed by atoms with Crippen LogP contribution in [-0.4, -0.2) is 57.8 Å². The lowest BCUT2D eigenvalue weighted by atomic mass is 10.1. The van der Waals surface area contributed by atoms with E-state index in [1.165, 1.54) is 12.1 Å². The van der Waals surface area contributed by atoms with Gasteiger partial charge in [-0.3, -0.25) is 9.69 Å². The van der Waals surface area contributed by atoms with Crippen LogP contribution in [0.3, 0.4) is 0 Å². The highest BCUT2D eigenvalue weighted by molar-refractivity contribution is 7.90. The van der Waals surface area contributed by atoms with Crippen molar-refractivity contribution in [2.75, 3.05) is 32.5 Å². The fourth-order valence-corrected chi connectivity index (χ4v) is 4.22. The van der Waals surface area contributed by atoms with Crippen LogP contribution in [0.1, 0.15) is 11.1 Å². The molecule has 30 heavy (non-hydrogen) atoms. The third-order valence-electron chi connectivity index (χ3n) is 4.86. The lowest BCUT2D eigenvalue weighted by molar-refractivity contribution is -0.121. The molecule has 9 heteroatoms. The van der Waals surface area contributed by atoms with E-state index in [9.17, 15) is 13.2 Å². The van der Waals surface area contributed by atoms with Crippen molar-refractivity contribution in [2.24, 2.45) is 0 Å². The number of carbonyl (C=O) groups excluding carboxylic acids is 1. The molecule has 0 saturated carbocycles. The molecule has 0 spiro atoms. The van der Waals surface area contributed by atoms with Gasteiger partial charge in [0, 0.05) is 32.4 Å². The first kappa shape index (κ1) is 23.0. The van der Waals surface area contributed by atoms with Crippen molar-refractivity contribution in [3.05, 3.63) is 63.6 Å². The minimum Gasteiger partial charge on any atom is -0.374 e. The van der Waals surface area contributed by atoms with Crippen LogP contribution in [0.4, 0.5) is 0 Å². The highest BCUT2D eigenvalue weighted by Crippen LogP contribution is 2.23. The van der Waals surface area contributed by atoms with Gasteiger partial charge in [0.2, 0.25) is 5.91 Å². The Kier molecular flexibility index (Phi) is 7.76. The van der Waals surface area contributed by atoms with E-state index in [0.717, 1.165) is 30.5 Å². The minimum atomic E-state index is -3.24. The maximum absolute atomic E-state index is 12.3. The van der Waals surface area contributed by atoms with Crippen LogP contribution in [0.15, 0.2) is 47.4 Å². The predicted molar refractivity (Wildman–Crippen MR) is 118 cm³/mol. The number of hydrogen-bond acceptors (Lipinski definition) is 5. The molecular formula is C21H24Cl2N2O4S. The number of halogens is 2. The summed E-state index contributed by atoms with van der Waals surface area (Å²) in [5.74, 6) is -0.132. The Morgan fingerprint density at radius 1 is 1.13 bits per heavy atom. The molecule has 1 heterocycles. The van der Waals surface area contributed by atoms with E-state index in [4.69, 9.17) is 27.9 Å². The van der Waals surface area contributed by atoms with Gasteiger partial charge in [-0.1, -0.05) is 41.4 Å². The molecule has 0 radical (unpaired) electrons. The second-order valence-corrected chi connectivity index (χ2v) is 10.2. The van der Waals surface area contributed by atoms with Crippen molar-refractivity contribution in [3.63, 3.8) is 0 Å². The van der Waals surface area contributed by atoms with Gasteiger partial charge in [0.25, 0.3) is 0 Å². The Morgan fingerprint density at radius 3 is 2.50 bits per heavy atom. The van der Waals surface area contributed by atoms with Crippen molar-refractivity contribution >= 4 is 38.9 Å². The van der Waals surface area contributed by atoms with Crippen molar-refractivity contribution in [1.82, 2.24) is 10.2 Å². The van der Waals surface area contributed by atoms with Crippen LogP contribution in [0.2, 0.25) is 10.0 Å². The maximum Gasteiger partial charge on any atom is 0.224 e. The van der Waals surface area contributed by atoms with Gasteiger partial charge in [0.05, 0.1) is 34.1 Å². The minimum absolute atomic E-state index is 0.0990. The molecule has 0 aromatic heterocycles. The van der Waals surface area contributed by atoms with Crippen molar-refractivity contribution in [3.8, 4) is 0 Å². The number of sulfone groups is 1. The summed E-state index contributed by atoms with van der Waals surface area (Å²) in [4.78, 5) is 14.7. The van der Waals surface area contributed by atoms with Gasteiger partial charge in [0.1, 0.15) is 0 Å². The van der Waals surface area contributed by atoms with Crippen LogP contribution < -0.4 is 5.32 Å². The van der Waals surface area contributed by atoms with Crippen LogP contribution in [0, 0.1) is 0 Å². The third kappa shape index (κ3) is 6.68. The Bertz CT molecular complexity index is 997. The SMILES string of the molecule is CS(=O)(=O)c1ccc(CC(=O)NC[C@@H]2CN(Cc3ccc(Cl)c(Cl)c3)CCO2)cc1. The summed E-state index contributed by atoms with van der Waals surface area (Å²) in [5.41, 5.74) is 1.83. The van der Waals surface area contributed by atoms with E-state index in [1.54, 1.807) is 18.2 Å². The van der Waals surface area contributed by atoms with Crippen LogP contribution in [0.25, 0.3) is 0 Å². The van der Waals surface area contributed by atoms with E-state index in [2.05, 4.69) is 10.2 Å². The first-order valence-corrected chi connectivity index (χ1v) is 12.2. The Morgan fingerprint density at radius 2 is 1.83 bits per heavy atom. The number of rotatable bonds is 7. The summed E-state index contributed by atoms with van der Waals surface area (Å²) in [6, 6.07) is 12.0. The Hall–Kier alpha value is -1.64. The number of nitrogens with one attached hydrogen (secondary N) is 1. The van der Waals surface area contributed by atoms with Gasteiger partial charge >= 0.3 is 0 Å². The lowest BCUT2D eigenvalue weighted by Gasteiger charge is -2.33. The summed E-state index contributed by atoms with van der Waals surface area (Å²) in [6.45, 7) is 3.24. The summed E-state index contributed by atoms with van der Waals surface area (Å²) in [5, 5.41) is 3.97. The van der Waals surface area contributed by atoms with Gasteiger partial charge in [0.15, 0.2) is 9.84 Å². The van der Waals surface area contributed by atoms with Gasteiger partial charge in [-0.05, 0) is 35.4 Å². The normalized spacial score (nSPS) is 17.6. The van der Waals surface area contributed by atoms with E-state index in [0.29, 0.717) is 29.7 Å². The fourth-order valence-electron chi connectivity index (χ4n) is 3.27. The van der Waals surface area contributed by atoms with Crippen molar-refractivity contribution in [1.29, 1.82) is 0 Å². The van der Waals surface area contributed by atoms with Crippen LogP contribution in [0.5, 0.6) is 0 Å². The zero-order valence-electron chi connectivity index (χ0n) is 16.6. The molecule has 2 aromatic rings. The van der Waals surface area contributed by atoms with Gasteiger partial charge in [-0.2, -0.15) is 0 Å². The first-order chi connectivity index (χ1) is 14.2. The van der Waals surface area contributed by atoms with E-state index in [-0.39, 0.29) is 23.3 Å². The summed E-state index contributed by atoms with van der Waals surface area (Å²) in [6.07, 6.45) is 1.24. The van der Waals surface area contributed by atoms with Gasteiger partial charge in [-0.25, -0.2) is 8.42 Å². The molecule has 1 N–H and O–H groups in total. The van der Waals surface area contributed by atoms with E-state index >= 15 is 0 Å². The molecule has 1 fully saturated rings. The maximum atomic E-state index is 12.3. The van der Waals surface area contributed by atoms with Crippen LogP contribution >= 0.6 is 23.2 Å². The summed E-state index contributed by atoms with van der Waals surface area (Å²) < 4.78 is 28.8. The number of amides is 1. The zero-order valence-corrected chi connectivity index (χ0v) is 18.9. The third-order valence-corrected chi connectivity index (χ3v) is 6.72. The molecule has 2 aromatic carbocycles. The molecule has 1 saturated heterocycles. The first-order valence-electron chi connectivity index (χ1n) is 9.54. The number of carbonyl (C=O) groups is 1. The molecule has 1 atom stereocenters. The number of nitrogens with zero attached hydrogens (tertiary/aromatic N) is 1. The molecule has 0 unspecified atom stereocenters. The topological polar surface area (TPSA) is 75.7 Å². The fraction of sp³-hybridized carbons (Fsp3) is 0.381. The lowest BCUT2D eigenvalue weighted by Crippen LogP contribution is -2.47. The standard InChI is InChI=1S/C21H24Cl2N2O4S/c1-30(27,28)18-5-2-15(3-6-18)11-21(26)24-12-17-14-25(8-9-29-17)13-16-4-7-19(22)20(23)10-16/h2-7,10,17H,8-9,11-14H2,1H3,(H,24,26)/t17-/m1/s1. The number of hydrogen-bond donors (Lipinski definition) is 1. The average Bonchev–Trinajstić information content (AvgIpc) is 2.69. The number of ether oxygens (including phenoxy) is 1. The monoisotopic (exact) mass is 470 g/mol. The molecule has 6 nitrogen and oxygen atoms in total. The molecule has 0 bridgehead atoms. The molecule has 1 aliphatic heterocycles. The molecular weight excluding hydrogens is 447 g/mol. The Labute approximate surface area is 187 Å². The molecule has 3 rings (SSSR count). The second-order valence-electron chi connectivity index (χ2n) is 7.37. The number of benzene rings is 2. The molecule has 1 aliphatic rings. The van der Waals surface area contributed by atoms with E-state index in [1.807, 2.05) is 12.1 Å². The quantitative estimate of drug-likeness (QED) is 0.672.